The molecular formula is C42H57F2N5O10S. The SMILES string of the molecule is CCOc1cc2cc(OC)ccc2c(O[C@@H]2C[C@H]3C(=O)N[C@]4(C(=O)NS(=O)(=O)C5(C)CC5)C[C@H]4/C=C\CC[C@H](C)C[C@@H](C)[C@H](N(C(=O)O)C(C)(C)C(C)(F)F)C(=O)N3C2)n1. The molecule has 1 saturated heterocycles. The van der Waals surface area contributed by atoms with E-state index >= 15 is 13.6 Å². The maximum absolute atomic E-state index is 15.4. The molecule has 3 heterocycles. The van der Waals surface area contributed by atoms with Gasteiger partial charge in [-0.3, -0.25) is 24.0 Å². The number of methoxy groups -OCH3 is 1. The van der Waals surface area contributed by atoms with Gasteiger partial charge in [0, 0.05) is 30.7 Å². The Balaban J connectivity index is 1.44. The molecule has 2 saturated carbocycles. The fourth-order valence-corrected chi connectivity index (χ4v) is 9.75. The summed E-state index contributed by atoms with van der Waals surface area (Å²) in [7, 11) is -2.58. The van der Waals surface area contributed by atoms with Crippen LogP contribution in [0.15, 0.2) is 36.4 Å². The molecule has 18 heteroatoms. The fraction of sp³-hybridized carbons (Fsp3) is 0.643. The van der Waals surface area contributed by atoms with Gasteiger partial charge in [0.1, 0.15) is 35.0 Å². The number of pyridine rings is 1. The van der Waals surface area contributed by atoms with Gasteiger partial charge in [-0.15, -0.1) is 0 Å². The maximum Gasteiger partial charge on any atom is 0.408 e. The number of carbonyl (C=O) groups is 4. The van der Waals surface area contributed by atoms with Gasteiger partial charge in [0.2, 0.25) is 33.6 Å². The van der Waals surface area contributed by atoms with Gasteiger partial charge in [0.25, 0.3) is 11.8 Å². The molecule has 60 heavy (non-hydrogen) atoms. The van der Waals surface area contributed by atoms with E-state index < -0.39 is 85.6 Å². The first-order valence-electron chi connectivity index (χ1n) is 20.5. The van der Waals surface area contributed by atoms with Crippen LogP contribution >= 0.6 is 0 Å². The Morgan fingerprint density at radius 3 is 2.45 bits per heavy atom. The summed E-state index contributed by atoms with van der Waals surface area (Å²) in [5, 5.41) is 14.7. The van der Waals surface area contributed by atoms with Gasteiger partial charge in [-0.05, 0) is 102 Å². The van der Waals surface area contributed by atoms with Crippen LogP contribution in [-0.2, 0) is 24.4 Å². The highest BCUT2D eigenvalue weighted by molar-refractivity contribution is 7.91. The zero-order valence-electron chi connectivity index (χ0n) is 35.4. The molecule has 1 aromatic heterocycles. The number of hydrogen-bond acceptors (Lipinski definition) is 10. The Kier molecular flexibility index (Phi) is 12.1. The molecule has 2 aliphatic carbocycles. The first-order chi connectivity index (χ1) is 28.0. The highest BCUT2D eigenvalue weighted by Crippen LogP contribution is 2.48. The van der Waals surface area contributed by atoms with Crippen LogP contribution in [-0.4, -0.2) is 112 Å². The third-order valence-electron chi connectivity index (χ3n) is 12.9. The Morgan fingerprint density at radius 2 is 1.83 bits per heavy atom. The molecule has 0 radical (unpaired) electrons. The van der Waals surface area contributed by atoms with Crippen LogP contribution < -0.4 is 24.2 Å². The first kappa shape index (κ1) is 44.8. The Bertz CT molecular complexity index is 2160. The number of rotatable bonds is 11. The second kappa shape index (κ2) is 16.3. The largest absolute Gasteiger partial charge is 0.497 e. The zero-order chi connectivity index (χ0) is 44.2. The minimum atomic E-state index is -4.10. The number of nitrogens with zero attached hydrogens (tertiary/aromatic N) is 3. The zero-order valence-corrected chi connectivity index (χ0v) is 36.2. The van der Waals surface area contributed by atoms with Crippen molar-refractivity contribution in [1.29, 1.82) is 0 Å². The lowest BCUT2D eigenvalue weighted by Gasteiger charge is -2.47. The molecule has 1 aromatic carbocycles. The van der Waals surface area contributed by atoms with Crippen molar-refractivity contribution in [3.05, 3.63) is 36.4 Å². The van der Waals surface area contributed by atoms with Crippen LogP contribution in [0.1, 0.15) is 93.4 Å². The van der Waals surface area contributed by atoms with Gasteiger partial charge in [0.05, 0.1) is 25.0 Å². The topological polar surface area (TPSA) is 194 Å². The van der Waals surface area contributed by atoms with E-state index in [9.17, 15) is 27.9 Å². The van der Waals surface area contributed by atoms with E-state index in [1.807, 2.05) is 13.0 Å². The standard InChI is InChI=1S/C42H57F2N5O10S/c1-9-58-32-20-26-19-28(57-8)14-15-30(26)35(45-32)59-29-21-31-34(50)46-42(37(52)47-60(55,56)40(6)16-17-40)22-27(42)13-11-10-12-24(2)18-25(3)33(36(51)48(31)23-29)49(38(53)54)39(4,5)41(7,43)44/h11,13-15,19-20,24-25,27,29,31,33H,9-10,12,16-18,21-23H2,1-8H3,(H,46,50)(H,47,52)(H,53,54)/b13-11-/t24-,25+,27+,29+,31-,33-,42+/m0/s1. The minimum Gasteiger partial charge on any atom is -0.497 e. The maximum atomic E-state index is 15.4. The number of carboxylic acid groups (broad SMARTS) is 1. The predicted octanol–water partition coefficient (Wildman–Crippen LogP) is 5.66. The lowest BCUT2D eigenvalue weighted by Crippen LogP contribution is -2.66. The summed E-state index contributed by atoms with van der Waals surface area (Å²) in [6.07, 6.45) is 2.94. The predicted molar refractivity (Wildman–Crippen MR) is 217 cm³/mol. The normalized spacial score (nSPS) is 28.9. The molecule has 3 N–H and O–H groups in total. The fourth-order valence-electron chi connectivity index (χ4n) is 8.44. The molecule has 2 aliphatic heterocycles. The van der Waals surface area contributed by atoms with Gasteiger partial charge in [-0.25, -0.2) is 22.0 Å². The number of ether oxygens (including phenoxy) is 3. The summed E-state index contributed by atoms with van der Waals surface area (Å²) < 4.78 is 76.1. The second-order valence-corrected chi connectivity index (χ2v) is 20.0. The van der Waals surface area contributed by atoms with Crippen LogP contribution in [0, 0.1) is 17.8 Å². The van der Waals surface area contributed by atoms with Gasteiger partial charge in [0.15, 0.2) is 0 Å². The van der Waals surface area contributed by atoms with Crippen LogP contribution in [0.4, 0.5) is 13.6 Å². The minimum absolute atomic E-state index is 0.0826. The number of alkyl halides is 2. The summed E-state index contributed by atoms with van der Waals surface area (Å²) in [6.45, 7) is 9.60. The summed E-state index contributed by atoms with van der Waals surface area (Å²) >= 11 is 0. The molecular weight excluding hydrogens is 805 g/mol. The van der Waals surface area contributed by atoms with E-state index in [4.69, 9.17) is 14.2 Å². The number of hydrogen-bond donors (Lipinski definition) is 3. The number of sulfonamides is 1. The quantitative estimate of drug-likeness (QED) is 0.236. The second-order valence-electron chi connectivity index (χ2n) is 17.8. The summed E-state index contributed by atoms with van der Waals surface area (Å²) in [4.78, 5) is 63.3. The average Bonchev–Trinajstić information content (AvgIpc) is 4.04. The van der Waals surface area contributed by atoms with E-state index in [2.05, 4.69) is 15.0 Å². The van der Waals surface area contributed by atoms with Crippen molar-refractivity contribution in [2.45, 2.75) is 133 Å². The van der Waals surface area contributed by atoms with Crippen molar-refractivity contribution in [3.63, 3.8) is 0 Å². The van der Waals surface area contributed by atoms with Gasteiger partial charge in [-0.1, -0.05) is 26.0 Å². The molecule has 0 unspecified atom stereocenters. The van der Waals surface area contributed by atoms with Crippen molar-refractivity contribution in [2.75, 3.05) is 20.3 Å². The number of aromatic nitrogens is 1. The Hall–Kier alpha value is -4.74. The monoisotopic (exact) mass is 861 g/mol. The molecule has 2 aromatic rings. The summed E-state index contributed by atoms with van der Waals surface area (Å²) in [5.41, 5.74) is -4.06. The number of fused-ring (bicyclic) bond motifs is 3. The van der Waals surface area contributed by atoms with E-state index in [1.54, 1.807) is 44.2 Å². The molecule has 6 rings (SSSR count). The highest BCUT2D eigenvalue weighted by Gasteiger charge is 2.63. The number of nitrogens with one attached hydrogen (secondary N) is 2. The van der Waals surface area contributed by atoms with Crippen LogP contribution in [0.5, 0.6) is 17.5 Å². The number of carbonyl (C=O) groups excluding carboxylic acids is 3. The van der Waals surface area contributed by atoms with Crippen LogP contribution in [0.25, 0.3) is 10.8 Å². The molecule has 0 bridgehead atoms. The third-order valence-corrected chi connectivity index (χ3v) is 15.1. The molecule has 330 valence electrons. The molecule has 4 amide bonds. The molecule has 4 aliphatic rings. The average molecular weight is 862 g/mol. The Labute approximate surface area is 349 Å². The molecule has 15 nitrogen and oxygen atoms in total. The number of benzene rings is 1. The van der Waals surface area contributed by atoms with E-state index in [1.165, 1.54) is 14.0 Å². The third kappa shape index (κ3) is 8.57. The molecule has 3 fully saturated rings. The van der Waals surface area contributed by atoms with E-state index in [0.29, 0.717) is 54.0 Å². The Morgan fingerprint density at radius 1 is 1.13 bits per heavy atom. The van der Waals surface area contributed by atoms with Crippen molar-refractivity contribution < 1.29 is 55.7 Å². The lowest BCUT2D eigenvalue weighted by atomic mass is 9.84. The van der Waals surface area contributed by atoms with Gasteiger partial charge >= 0.3 is 6.09 Å². The smallest absolute Gasteiger partial charge is 0.408 e. The highest BCUT2D eigenvalue weighted by atomic mass is 32.2. The van der Waals surface area contributed by atoms with Gasteiger partial charge in [-0.2, -0.15) is 4.98 Å². The molecule has 0 spiro atoms. The van der Waals surface area contributed by atoms with Crippen molar-refractivity contribution >= 4 is 44.6 Å². The summed E-state index contributed by atoms with van der Waals surface area (Å²) in [6, 6.07) is 3.82. The van der Waals surface area contributed by atoms with E-state index in [0.717, 1.165) is 18.7 Å². The lowest BCUT2D eigenvalue weighted by molar-refractivity contribution is -0.156. The van der Waals surface area contributed by atoms with Crippen molar-refractivity contribution in [2.24, 2.45) is 17.8 Å². The molecule has 7 atom stereocenters. The van der Waals surface area contributed by atoms with Crippen molar-refractivity contribution in [1.82, 2.24) is 24.8 Å². The van der Waals surface area contributed by atoms with Crippen LogP contribution in [0.2, 0.25) is 0 Å². The number of halogens is 2. The summed E-state index contributed by atoms with van der Waals surface area (Å²) in [5.74, 6) is -6.81. The van der Waals surface area contributed by atoms with Crippen LogP contribution in [0.3, 0.4) is 0 Å². The van der Waals surface area contributed by atoms with E-state index in [-0.39, 0.29) is 50.1 Å². The van der Waals surface area contributed by atoms with Gasteiger partial charge < -0.3 is 29.5 Å². The first-order valence-corrected chi connectivity index (χ1v) is 22.0. The van der Waals surface area contributed by atoms with Crippen molar-refractivity contribution in [3.8, 4) is 17.5 Å². The number of allylic oxidation sites excluding steroid dienone is 1. The number of amides is 4.